The maximum Gasteiger partial charge on any atom is 0.137 e. The Labute approximate surface area is 135 Å². The second kappa shape index (κ2) is 6.37. The highest BCUT2D eigenvalue weighted by molar-refractivity contribution is 6.86. The van der Waals surface area contributed by atoms with E-state index in [9.17, 15) is 0 Å². The summed E-state index contributed by atoms with van der Waals surface area (Å²) in [5, 5.41) is 6.83. The molecule has 3 heteroatoms. The zero-order valence-corrected chi connectivity index (χ0v) is 14.9. The highest BCUT2D eigenvalue weighted by atomic mass is 28.3. The minimum Gasteiger partial charge on any atom is -0.303 e. The van der Waals surface area contributed by atoms with Crippen LogP contribution in [0.2, 0.25) is 0 Å². The molecule has 1 aliphatic heterocycles. The fraction of sp³-hybridized carbons (Fsp3) is 0.368. The maximum atomic E-state index is 3.80. The van der Waals surface area contributed by atoms with E-state index in [4.69, 9.17) is 0 Å². The van der Waals surface area contributed by atoms with Gasteiger partial charge in [-0.3, -0.25) is 4.90 Å². The van der Waals surface area contributed by atoms with Gasteiger partial charge in [0.2, 0.25) is 0 Å². The Hall–Kier alpha value is -1.42. The van der Waals surface area contributed by atoms with Crippen LogP contribution in [0, 0.1) is 0 Å². The number of benzene rings is 2. The summed E-state index contributed by atoms with van der Waals surface area (Å²) in [5.74, 6) is 0.477. The van der Waals surface area contributed by atoms with E-state index in [-0.39, 0.29) is 5.54 Å². The van der Waals surface area contributed by atoms with Crippen LogP contribution >= 0.6 is 0 Å². The number of hydrogen-bond acceptors (Lipinski definition) is 2. The van der Waals surface area contributed by atoms with Crippen LogP contribution in [0.3, 0.4) is 0 Å². The molecule has 116 valence electrons. The van der Waals surface area contributed by atoms with Crippen molar-refractivity contribution in [1.82, 2.24) is 10.2 Å². The van der Waals surface area contributed by atoms with Gasteiger partial charge in [-0.05, 0) is 20.8 Å². The van der Waals surface area contributed by atoms with Gasteiger partial charge in [-0.25, -0.2) is 0 Å². The minimum absolute atomic E-state index is 0.197. The first kappa shape index (κ1) is 15.5. The highest BCUT2D eigenvalue weighted by Crippen LogP contribution is 2.20. The van der Waals surface area contributed by atoms with Gasteiger partial charge >= 0.3 is 0 Å². The third-order valence-corrected chi connectivity index (χ3v) is 7.97. The molecule has 3 rings (SSSR count). The third-order valence-electron chi connectivity index (χ3n) is 4.54. The van der Waals surface area contributed by atoms with Gasteiger partial charge in [0, 0.05) is 18.6 Å². The average molecular weight is 311 g/mol. The first-order valence-corrected chi connectivity index (χ1v) is 9.99. The molecule has 2 aromatic rings. The molecule has 0 saturated carbocycles. The summed E-state index contributed by atoms with van der Waals surface area (Å²) in [6.45, 7) is 9.21. The van der Waals surface area contributed by atoms with Gasteiger partial charge in [0.05, 0.1) is 5.79 Å². The summed E-state index contributed by atoms with van der Waals surface area (Å²) < 4.78 is 0. The Morgan fingerprint density at radius 2 is 1.41 bits per heavy atom. The fourth-order valence-electron chi connectivity index (χ4n) is 3.51. The van der Waals surface area contributed by atoms with Crippen molar-refractivity contribution in [3.8, 4) is 0 Å². The predicted octanol–water partition coefficient (Wildman–Crippen LogP) is 1.60. The molecule has 22 heavy (non-hydrogen) atoms. The van der Waals surface area contributed by atoms with Gasteiger partial charge in [0.1, 0.15) is 8.80 Å². The summed E-state index contributed by atoms with van der Waals surface area (Å²) in [5.41, 5.74) is 0.197. The Morgan fingerprint density at radius 1 is 0.909 bits per heavy atom. The van der Waals surface area contributed by atoms with Gasteiger partial charge in [-0.2, -0.15) is 0 Å². The van der Waals surface area contributed by atoms with E-state index in [0.717, 1.165) is 13.1 Å². The third kappa shape index (κ3) is 3.17. The second-order valence-corrected chi connectivity index (χ2v) is 9.98. The Balaban J connectivity index is 2.03. The van der Waals surface area contributed by atoms with E-state index in [1.165, 1.54) is 10.4 Å². The Kier molecular flexibility index (Phi) is 4.48. The zero-order chi connectivity index (χ0) is 15.6. The molecule has 0 spiro atoms. The first-order valence-electron chi connectivity index (χ1n) is 8.17. The van der Waals surface area contributed by atoms with Crippen LogP contribution in [-0.2, 0) is 0 Å². The van der Waals surface area contributed by atoms with Crippen molar-refractivity contribution in [3.05, 3.63) is 60.7 Å². The monoisotopic (exact) mass is 310 g/mol. The lowest BCUT2D eigenvalue weighted by atomic mass is 10.1. The molecule has 0 amide bonds. The molecule has 1 N–H and O–H groups in total. The lowest BCUT2D eigenvalue weighted by Crippen LogP contribution is -2.63. The van der Waals surface area contributed by atoms with Crippen molar-refractivity contribution in [2.45, 2.75) is 32.1 Å². The van der Waals surface area contributed by atoms with Gasteiger partial charge in [-0.15, -0.1) is 0 Å². The van der Waals surface area contributed by atoms with Gasteiger partial charge < -0.3 is 5.32 Å². The van der Waals surface area contributed by atoms with Gasteiger partial charge in [0.15, 0.2) is 0 Å². The molecule has 2 nitrogen and oxygen atoms in total. The summed E-state index contributed by atoms with van der Waals surface area (Å²) in [7, 11) is -1.35. The Morgan fingerprint density at radius 3 is 1.86 bits per heavy atom. The molecule has 1 saturated heterocycles. The quantitative estimate of drug-likeness (QED) is 0.866. The van der Waals surface area contributed by atoms with Crippen molar-refractivity contribution >= 4 is 19.2 Å². The van der Waals surface area contributed by atoms with E-state index in [0.29, 0.717) is 5.79 Å². The van der Waals surface area contributed by atoms with Gasteiger partial charge in [-0.1, -0.05) is 71.0 Å². The molecule has 0 aromatic heterocycles. The minimum atomic E-state index is -1.35. The highest BCUT2D eigenvalue weighted by Gasteiger charge is 2.39. The van der Waals surface area contributed by atoms with E-state index in [1.54, 1.807) is 0 Å². The van der Waals surface area contributed by atoms with Crippen LogP contribution < -0.4 is 15.7 Å². The van der Waals surface area contributed by atoms with Crippen LogP contribution in [0.1, 0.15) is 20.8 Å². The number of nitrogens with one attached hydrogen (secondary N) is 1. The SMILES string of the molecule is CC(C)(C)N1CCNC1[SiH](c1ccccc1)c1ccccc1. The van der Waals surface area contributed by atoms with E-state index < -0.39 is 8.80 Å². The molecule has 1 unspecified atom stereocenters. The second-order valence-electron chi connectivity index (χ2n) is 7.06. The van der Waals surface area contributed by atoms with Crippen molar-refractivity contribution < 1.29 is 0 Å². The topological polar surface area (TPSA) is 15.3 Å². The van der Waals surface area contributed by atoms with E-state index >= 15 is 0 Å². The Bertz CT molecular complexity index is 552. The predicted molar refractivity (Wildman–Crippen MR) is 97.6 cm³/mol. The van der Waals surface area contributed by atoms with E-state index in [1.807, 2.05) is 0 Å². The normalized spacial score (nSPS) is 19.7. The summed E-state index contributed by atoms with van der Waals surface area (Å²) >= 11 is 0. The largest absolute Gasteiger partial charge is 0.303 e. The number of hydrogen-bond donors (Lipinski definition) is 1. The fourth-order valence-corrected chi connectivity index (χ4v) is 7.26. The summed E-state index contributed by atoms with van der Waals surface area (Å²) in [6.07, 6.45) is 0. The van der Waals surface area contributed by atoms with Crippen LogP contribution in [0.25, 0.3) is 0 Å². The molecular formula is C19H26N2Si. The van der Waals surface area contributed by atoms with Crippen LogP contribution in [-0.4, -0.2) is 38.1 Å². The molecular weight excluding hydrogens is 284 g/mol. The van der Waals surface area contributed by atoms with Crippen molar-refractivity contribution in [1.29, 1.82) is 0 Å². The number of rotatable bonds is 3. The molecule has 0 bridgehead atoms. The standard InChI is InChI=1S/C19H26N2Si/c1-19(2,3)21-15-14-20-18(21)22(16-10-6-4-7-11-16)17-12-8-5-9-13-17/h4-13,18,20,22H,14-15H2,1-3H3. The van der Waals surface area contributed by atoms with Gasteiger partial charge in [0.25, 0.3) is 0 Å². The van der Waals surface area contributed by atoms with Crippen molar-refractivity contribution in [2.75, 3.05) is 13.1 Å². The van der Waals surface area contributed by atoms with Crippen molar-refractivity contribution in [2.24, 2.45) is 0 Å². The lowest BCUT2D eigenvalue weighted by molar-refractivity contribution is 0.151. The van der Waals surface area contributed by atoms with Crippen LogP contribution in [0.15, 0.2) is 60.7 Å². The average Bonchev–Trinajstić information content (AvgIpc) is 2.99. The lowest BCUT2D eigenvalue weighted by Gasteiger charge is -2.40. The first-order chi connectivity index (χ1) is 10.6. The van der Waals surface area contributed by atoms with Crippen LogP contribution in [0.5, 0.6) is 0 Å². The molecule has 1 fully saturated rings. The molecule has 0 radical (unpaired) electrons. The summed E-state index contributed by atoms with van der Waals surface area (Å²) in [4.78, 5) is 2.66. The summed E-state index contributed by atoms with van der Waals surface area (Å²) in [6, 6.07) is 22.2. The molecule has 1 aliphatic rings. The molecule has 0 aliphatic carbocycles. The molecule has 1 atom stereocenters. The molecule has 1 heterocycles. The molecule has 2 aromatic carbocycles. The van der Waals surface area contributed by atoms with E-state index in [2.05, 4.69) is 91.7 Å². The zero-order valence-electron chi connectivity index (χ0n) is 13.8. The van der Waals surface area contributed by atoms with Crippen molar-refractivity contribution in [3.63, 3.8) is 0 Å². The maximum absolute atomic E-state index is 3.80. The van der Waals surface area contributed by atoms with Crippen LogP contribution in [0.4, 0.5) is 0 Å². The smallest absolute Gasteiger partial charge is 0.137 e. The number of nitrogens with zero attached hydrogens (tertiary/aromatic N) is 1.